The SMILES string of the molecule is Cl.NCc1ccc(C(=O)NC2CCN(C(=O)c3ccccc3)CC2)cc1. The second-order valence-electron chi connectivity index (χ2n) is 6.31. The van der Waals surface area contributed by atoms with Crippen molar-refractivity contribution in [1.29, 1.82) is 0 Å². The molecule has 26 heavy (non-hydrogen) atoms. The molecule has 2 aromatic carbocycles. The summed E-state index contributed by atoms with van der Waals surface area (Å²) >= 11 is 0. The summed E-state index contributed by atoms with van der Waals surface area (Å²) < 4.78 is 0. The van der Waals surface area contributed by atoms with Gasteiger partial charge in [-0.3, -0.25) is 9.59 Å². The van der Waals surface area contributed by atoms with Crippen LogP contribution in [-0.4, -0.2) is 35.8 Å². The lowest BCUT2D eigenvalue weighted by atomic mass is 10.0. The van der Waals surface area contributed by atoms with Gasteiger partial charge in [-0.1, -0.05) is 30.3 Å². The summed E-state index contributed by atoms with van der Waals surface area (Å²) in [5, 5.41) is 3.06. The highest BCUT2D eigenvalue weighted by molar-refractivity contribution is 5.95. The van der Waals surface area contributed by atoms with Gasteiger partial charge in [0.05, 0.1) is 0 Å². The molecule has 0 saturated carbocycles. The van der Waals surface area contributed by atoms with E-state index in [4.69, 9.17) is 5.73 Å². The Labute approximate surface area is 160 Å². The van der Waals surface area contributed by atoms with Crippen molar-refractivity contribution in [2.75, 3.05) is 13.1 Å². The maximum Gasteiger partial charge on any atom is 0.253 e. The van der Waals surface area contributed by atoms with Gasteiger partial charge < -0.3 is 16.0 Å². The van der Waals surface area contributed by atoms with Crippen molar-refractivity contribution in [1.82, 2.24) is 10.2 Å². The van der Waals surface area contributed by atoms with Crippen molar-refractivity contribution in [3.63, 3.8) is 0 Å². The predicted octanol–water partition coefficient (Wildman–Crippen LogP) is 2.60. The molecular formula is C20H24ClN3O2. The number of halogens is 1. The maximum absolute atomic E-state index is 12.4. The number of benzene rings is 2. The van der Waals surface area contributed by atoms with E-state index in [1.54, 1.807) is 12.1 Å². The van der Waals surface area contributed by atoms with Gasteiger partial charge >= 0.3 is 0 Å². The topological polar surface area (TPSA) is 75.4 Å². The van der Waals surface area contributed by atoms with Crippen molar-refractivity contribution >= 4 is 24.2 Å². The highest BCUT2D eigenvalue weighted by Gasteiger charge is 2.24. The third kappa shape index (κ3) is 4.84. The Bertz CT molecular complexity index is 726. The van der Waals surface area contributed by atoms with Crippen LogP contribution >= 0.6 is 12.4 Å². The van der Waals surface area contributed by atoms with E-state index in [2.05, 4.69) is 5.32 Å². The summed E-state index contributed by atoms with van der Waals surface area (Å²) in [6.45, 7) is 1.78. The standard InChI is InChI=1S/C20H23N3O2.ClH/c21-14-15-6-8-16(9-7-15)19(24)22-18-10-12-23(13-11-18)20(25)17-4-2-1-3-5-17;/h1-9,18H,10-14,21H2,(H,22,24);1H. The predicted molar refractivity (Wildman–Crippen MR) is 104 cm³/mol. The third-order valence-corrected chi connectivity index (χ3v) is 4.59. The van der Waals surface area contributed by atoms with Gasteiger partial charge in [-0.2, -0.15) is 0 Å². The number of hydrogen-bond donors (Lipinski definition) is 2. The van der Waals surface area contributed by atoms with Crippen LogP contribution in [-0.2, 0) is 6.54 Å². The normalized spacial score (nSPS) is 14.4. The van der Waals surface area contributed by atoms with E-state index < -0.39 is 0 Å². The molecule has 3 N–H and O–H groups in total. The first kappa shape index (κ1) is 19.9. The lowest BCUT2D eigenvalue weighted by molar-refractivity contribution is 0.0698. The van der Waals surface area contributed by atoms with E-state index in [0.29, 0.717) is 30.8 Å². The first-order chi connectivity index (χ1) is 12.2. The largest absolute Gasteiger partial charge is 0.349 e. The number of nitrogens with one attached hydrogen (secondary N) is 1. The van der Waals surface area contributed by atoms with Crippen molar-refractivity contribution in [2.24, 2.45) is 5.73 Å². The molecule has 0 spiro atoms. The first-order valence-electron chi connectivity index (χ1n) is 8.61. The second kappa shape index (κ2) is 9.36. The molecule has 3 rings (SSSR count). The van der Waals surface area contributed by atoms with Crippen molar-refractivity contribution in [3.8, 4) is 0 Å². The van der Waals surface area contributed by atoms with Crippen LogP contribution in [0.4, 0.5) is 0 Å². The van der Waals surface area contributed by atoms with E-state index in [-0.39, 0.29) is 30.3 Å². The average Bonchev–Trinajstić information content (AvgIpc) is 2.68. The summed E-state index contributed by atoms with van der Waals surface area (Å²) in [5.41, 5.74) is 7.93. The fraction of sp³-hybridized carbons (Fsp3) is 0.300. The summed E-state index contributed by atoms with van der Waals surface area (Å²) in [7, 11) is 0. The van der Waals surface area contributed by atoms with Crippen LogP contribution in [0.25, 0.3) is 0 Å². The molecule has 1 fully saturated rings. The monoisotopic (exact) mass is 373 g/mol. The molecule has 1 aliphatic heterocycles. The molecule has 2 amide bonds. The third-order valence-electron chi connectivity index (χ3n) is 4.59. The Kier molecular flexibility index (Phi) is 7.18. The van der Waals surface area contributed by atoms with Gasteiger partial charge in [0.2, 0.25) is 0 Å². The van der Waals surface area contributed by atoms with Gasteiger partial charge in [0, 0.05) is 36.8 Å². The van der Waals surface area contributed by atoms with Crippen LogP contribution in [0.2, 0.25) is 0 Å². The summed E-state index contributed by atoms with van der Waals surface area (Å²) in [5.74, 6) is -0.0147. The van der Waals surface area contributed by atoms with Crippen LogP contribution in [0, 0.1) is 0 Å². The number of carbonyl (C=O) groups excluding carboxylic acids is 2. The minimum atomic E-state index is -0.0728. The Balaban J connectivity index is 0.00000243. The minimum Gasteiger partial charge on any atom is -0.349 e. The van der Waals surface area contributed by atoms with Crippen molar-refractivity contribution in [2.45, 2.75) is 25.4 Å². The zero-order valence-electron chi connectivity index (χ0n) is 14.6. The smallest absolute Gasteiger partial charge is 0.253 e. The van der Waals surface area contributed by atoms with Crippen LogP contribution in [0.3, 0.4) is 0 Å². The fourth-order valence-electron chi connectivity index (χ4n) is 3.05. The molecule has 6 heteroatoms. The number of hydrogen-bond acceptors (Lipinski definition) is 3. The zero-order chi connectivity index (χ0) is 17.6. The number of carbonyl (C=O) groups is 2. The number of piperidine rings is 1. The van der Waals surface area contributed by atoms with Crippen LogP contribution < -0.4 is 11.1 Å². The summed E-state index contributed by atoms with van der Waals surface area (Å²) in [6, 6.07) is 16.7. The van der Waals surface area contributed by atoms with E-state index in [0.717, 1.165) is 18.4 Å². The van der Waals surface area contributed by atoms with E-state index in [1.807, 2.05) is 47.4 Å². The van der Waals surface area contributed by atoms with Crippen LogP contribution in [0.5, 0.6) is 0 Å². The second-order valence-corrected chi connectivity index (χ2v) is 6.31. The zero-order valence-corrected chi connectivity index (χ0v) is 15.4. The molecule has 138 valence electrons. The molecule has 1 heterocycles. The van der Waals surface area contributed by atoms with Gasteiger partial charge in [0.1, 0.15) is 0 Å². The minimum absolute atomic E-state index is 0. The van der Waals surface area contributed by atoms with Gasteiger partial charge in [0.25, 0.3) is 11.8 Å². The van der Waals surface area contributed by atoms with E-state index in [9.17, 15) is 9.59 Å². The van der Waals surface area contributed by atoms with Gasteiger partial charge in [-0.25, -0.2) is 0 Å². The van der Waals surface area contributed by atoms with Gasteiger partial charge in [-0.05, 0) is 42.7 Å². The molecular weight excluding hydrogens is 350 g/mol. The van der Waals surface area contributed by atoms with Gasteiger partial charge in [-0.15, -0.1) is 12.4 Å². The van der Waals surface area contributed by atoms with Crippen LogP contribution in [0.15, 0.2) is 54.6 Å². The Morgan fingerprint density at radius 2 is 1.58 bits per heavy atom. The quantitative estimate of drug-likeness (QED) is 0.864. The highest BCUT2D eigenvalue weighted by atomic mass is 35.5. The molecule has 1 aliphatic rings. The molecule has 0 aliphatic carbocycles. The lowest BCUT2D eigenvalue weighted by Gasteiger charge is -2.32. The molecule has 0 radical (unpaired) electrons. The Morgan fingerprint density at radius 3 is 2.15 bits per heavy atom. The Morgan fingerprint density at radius 1 is 0.962 bits per heavy atom. The molecule has 0 bridgehead atoms. The number of nitrogens with two attached hydrogens (primary N) is 1. The van der Waals surface area contributed by atoms with E-state index in [1.165, 1.54) is 0 Å². The van der Waals surface area contributed by atoms with Crippen LogP contribution in [0.1, 0.15) is 39.1 Å². The molecule has 0 atom stereocenters. The lowest BCUT2D eigenvalue weighted by Crippen LogP contribution is -2.46. The number of amides is 2. The molecule has 5 nitrogen and oxygen atoms in total. The van der Waals surface area contributed by atoms with Crippen molar-refractivity contribution < 1.29 is 9.59 Å². The number of nitrogens with zero attached hydrogens (tertiary/aromatic N) is 1. The maximum atomic E-state index is 12.4. The fourth-order valence-corrected chi connectivity index (χ4v) is 3.05. The molecule has 1 saturated heterocycles. The average molecular weight is 374 g/mol. The van der Waals surface area contributed by atoms with E-state index >= 15 is 0 Å². The summed E-state index contributed by atoms with van der Waals surface area (Å²) in [6.07, 6.45) is 1.54. The Hall–Kier alpha value is -2.37. The highest BCUT2D eigenvalue weighted by Crippen LogP contribution is 2.15. The molecule has 0 unspecified atom stereocenters. The number of likely N-dealkylation sites (tertiary alicyclic amines) is 1. The molecule has 0 aromatic heterocycles. The summed E-state index contributed by atoms with van der Waals surface area (Å²) in [4.78, 5) is 26.6. The number of rotatable bonds is 4. The van der Waals surface area contributed by atoms with Crippen molar-refractivity contribution in [3.05, 3.63) is 71.3 Å². The van der Waals surface area contributed by atoms with Gasteiger partial charge in [0.15, 0.2) is 0 Å². The molecule has 2 aromatic rings. The first-order valence-corrected chi connectivity index (χ1v) is 8.61.